The van der Waals surface area contributed by atoms with E-state index in [4.69, 9.17) is 5.11 Å². The molecule has 0 unspecified atom stereocenters. The Morgan fingerprint density at radius 2 is 1.92 bits per heavy atom. The molecule has 0 aliphatic carbocycles. The summed E-state index contributed by atoms with van der Waals surface area (Å²) < 4.78 is 0. The Hall–Kier alpha value is -1.32. The van der Waals surface area contributed by atoms with Crippen molar-refractivity contribution < 1.29 is 9.90 Å². The third-order valence-electron chi connectivity index (χ3n) is 1.08. The zero-order chi connectivity index (χ0) is 9.72. The van der Waals surface area contributed by atoms with Gasteiger partial charge in [0.15, 0.2) is 0 Å². The smallest absolute Gasteiger partial charge is 0.332 e. The van der Waals surface area contributed by atoms with Gasteiger partial charge in [0.1, 0.15) is 0 Å². The van der Waals surface area contributed by atoms with Gasteiger partial charge in [0, 0.05) is 19.0 Å². The van der Waals surface area contributed by atoms with E-state index in [1.807, 2.05) is 13.8 Å². The molecule has 0 aliphatic rings. The summed E-state index contributed by atoms with van der Waals surface area (Å²) in [6.45, 7) is 5.22. The van der Waals surface area contributed by atoms with Crippen LogP contribution in [0.5, 0.6) is 0 Å². The molecule has 0 atom stereocenters. The van der Waals surface area contributed by atoms with Crippen molar-refractivity contribution in [3.05, 3.63) is 11.8 Å². The second-order valence-electron chi connectivity index (χ2n) is 2.74. The quantitative estimate of drug-likeness (QED) is 0.394. The van der Waals surface area contributed by atoms with E-state index in [1.54, 1.807) is 7.05 Å². The zero-order valence-electron chi connectivity index (χ0n) is 7.83. The summed E-state index contributed by atoms with van der Waals surface area (Å²) in [7, 11) is 1.69. The molecule has 0 radical (unpaired) electrons. The Balaban J connectivity index is 4.34. The number of aliphatic carboxylic acids is 1. The van der Waals surface area contributed by atoms with Crippen LogP contribution in [0, 0.1) is 0 Å². The lowest BCUT2D eigenvalue weighted by Gasteiger charge is -2.07. The minimum absolute atomic E-state index is 0.266. The molecule has 0 saturated heterocycles. The van der Waals surface area contributed by atoms with Gasteiger partial charge in [0.2, 0.25) is 0 Å². The number of hydrogen-bond donors (Lipinski definition) is 1. The molecule has 0 amide bonds. The summed E-state index contributed by atoms with van der Waals surface area (Å²) in [6.07, 6.45) is 1.47. The fourth-order valence-corrected chi connectivity index (χ4v) is 0.680. The van der Waals surface area contributed by atoms with Gasteiger partial charge in [-0.1, -0.05) is 0 Å². The second-order valence-corrected chi connectivity index (χ2v) is 2.74. The first kappa shape index (κ1) is 10.7. The van der Waals surface area contributed by atoms with E-state index >= 15 is 0 Å². The Kier molecular flexibility index (Phi) is 4.04. The molecule has 0 aromatic rings. The minimum Gasteiger partial charge on any atom is -0.478 e. The Morgan fingerprint density at radius 3 is 2.25 bits per heavy atom. The lowest BCUT2D eigenvalue weighted by molar-refractivity contribution is -0.132. The summed E-state index contributed by atoms with van der Waals surface area (Å²) in [6, 6.07) is 0. The molecule has 0 aromatic carbocycles. The highest BCUT2D eigenvalue weighted by Crippen LogP contribution is 1.96. The lowest BCUT2D eigenvalue weighted by Crippen LogP contribution is -2.08. The largest absolute Gasteiger partial charge is 0.478 e. The molecule has 0 heterocycles. The molecule has 0 aliphatic heterocycles. The van der Waals surface area contributed by atoms with E-state index in [1.165, 1.54) is 18.1 Å². The van der Waals surface area contributed by atoms with Crippen LogP contribution in [0.25, 0.3) is 0 Å². The van der Waals surface area contributed by atoms with Crippen molar-refractivity contribution >= 4 is 11.7 Å². The molecule has 1 N–H and O–H groups in total. The van der Waals surface area contributed by atoms with Crippen LogP contribution in [0.3, 0.4) is 0 Å². The van der Waals surface area contributed by atoms with Gasteiger partial charge < -0.3 is 5.11 Å². The SMILES string of the molecule is CC(=CN(C)N=C(C)C)C(=O)O. The molecule has 4 nitrogen and oxygen atoms in total. The number of hydrazone groups is 1. The number of nitrogens with zero attached hydrogens (tertiary/aromatic N) is 2. The fourth-order valence-electron chi connectivity index (χ4n) is 0.680. The van der Waals surface area contributed by atoms with Crippen LogP contribution < -0.4 is 0 Å². The van der Waals surface area contributed by atoms with Crippen molar-refractivity contribution in [3.63, 3.8) is 0 Å². The monoisotopic (exact) mass is 170 g/mol. The standard InChI is InChI=1S/C8H14N2O2/c1-6(2)9-10(4)5-7(3)8(11)12/h5H,1-4H3,(H,11,12). The van der Waals surface area contributed by atoms with E-state index < -0.39 is 5.97 Å². The molecule has 0 rings (SSSR count). The molecule has 0 saturated carbocycles. The lowest BCUT2D eigenvalue weighted by atomic mass is 10.3. The van der Waals surface area contributed by atoms with E-state index in [0.717, 1.165) is 5.71 Å². The van der Waals surface area contributed by atoms with E-state index in [-0.39, 0.29) is 5.57 Å². The number of hydrogen-bond acceptors (Lipinski definition) is 3. The van der Waals surface area contributed by atoms with E-state index in [0.29, 0.717) is 0 Å². The summed E-state index contributed by atoms with van der Waals surface area (Å²) in [5.41, 5.74) is 1.15. The fraction of sp³-hybridized carbons (Fsp3) is 0.500. The number of carboxylic acid groups (broad SMARTS) is 1. The first-order valence-electron chi connectivity index (χ1n) is 3.60. The van der Waals surface area contributed by atoms with Gasteiger partial charge >= 0.3 is 5.97 Å². The van der Waals surface area contributed by atoms with Crippen LogP contribution in [0.2, 0.25) is 0 Å². The Bertz CT molecular complexity index is 227. The highest BCUT2D eigenvalue weighted by atomic mass is 16.4. The molecule has 4 heteroatoms. The van der Waals surface area contributed by atoms with Gasteiger partial charge in [-0.05, 0) is 20.8 Å². The molecular weight excluding hydrogens is 156 g/mol. The van der Waals surface area contributed by atoms with Crippen LogP contribution >= 0.6 is 0 Å². The maximum atomic E-state index is 10.4. The molecule has 0 spiro atoms. The topological polar surface area (TPSA) is 52.9 Å². The van der Waals surface area contributed by atoms with Gasteiger partial charge in [-0.15, -0.1) is 0 Å². The maximum absolute atomic E-state index is 10.4. The number of rotatable bonds is 3. The Labute approximate surface area is 72.2 Å². The van der Waals surface area contributed by atoms with Crippen LogP contribution in [-0.4, -0.2) is 28.8 Å². The molecule has 0 aromatic heterocycles. The molecule has 12 heavy (non-hydrogen) atoms. The number of carboxylic acids is 1. The second kappa shape index (κ2) is 4.54. The predicted octanol–water partition coefficient (Wildman–Crippen LogP) is 1.30. The van der Waals surface area contributed by atoms with Crippen LogP contribution in [0.15, 0.2) is 16.9 Å². The van der Waals surface area contributed by atoms with Crippen molar-refractivity contribution in [3.8, 4) is 0 Å². The average Bonchev–Trinajstić information content (AvgIpc) is 1.84. The molecule has 0 bridgehead atoms. The van der Waals surface area contributed by atoms with E-state index in [9.17, 15) is 4.79 Å². The van der Waals surface area contributed by atoms with Crippen LogP contribution in [0.4, 0.5) is 0 Å². The normalized spacial score (nSPS) is 10.8. The summed E-state index contributed by atoms with van der Waals surface area (Å²) in [5, 5.41) is 14.0. The molecule has 0 fully saturated rings. The molecule has 68 valence electrons. The summed E-state index contributed by atoms with van der Waals surface area (Å²) in [4.78, 5) is 10.4. The van der Waals surface area contributed by atoms with Crippen molar-refractivity contribution in [1.29, 1.82) is 0 Å². The first-order chi connectivity index (χ1) is 5.43. The Morgan fingerprint density at radius 1 is 1.42 bits per heavy atom. The summed E-state index contributed by atoms with van der Waals surface area (Å²) >= 11 is 0. The van der Waals surface area contributed by atoms with Crippen LogP contribution in [0.1, 0.15) is 20.8 Å². The van der Waals surface area contributed by atoms with Gasteiger partial charge in [0.25, 0.3) is 0 Å². The maximum Gasteiger partial charge on any atom is 0.332 e. The highest BCUT2D eigenvalue weighted by Gasteiger charge is 1.99. The van der Waals surface area contributed by atoms with Crippen molar-refractivity contribution in [2.45, 2.75) is 20.8 Å². The first-order valence-corrected chi connectivity index (χ1v) is 3.60. The van der Waals surface area contributed by atoms with Crippen LogP contribution in [-0.2, 0) is 4.79 Å². The average molecular weight is 170 g/mol. The zero-order valence-corrected chi connectivity index (χ0v) is 7.83. The van der Waals surface area contributed by atoms with Gasteiger partial charge in [0.05, 0.1) is 5.57 Å². The van der Waals surface area contributed by atoms with Crippen molar-refractivity contribution in [2.75, 3.05) is 7.05 Å². The molecular formula is C8H14N2O2. The van der Waals surface area contributed by atoms with E-state index in [2.05, 4.69) is 5.10 Å². The highest BCUT2D eigenvalue weighted by molar-refractivity contribution is 5.85. The minimum atomic E-state index is -0.925. The van der Waals surface area contributed by atoms with Gasteiger partial charge in [-0.3, -0.25) is 5.01 Å². The number of carbonyl (C=O) groups is 1. The third kappa shape index (κ3) is 4.49. The third-order valence-corrected chi connectivity index (χ3v) is 1.08. The summed E-state index contributed by atoms with van der Waals surface area (Å²) in [5.74, 6) is -0.925. The van der Waals surface area contributed by atoms with Gasteiger partial charge in [-0.2, -0.15) is 5.10 Å². The van der Waals surface area contributed by atoms with Gasteiger partial charge in [-0.25, -0.2) is 4.79 Å². The van der Waals surface area contributed by atoms with Crippen molar-refractivity contribution in [1.82, 2.24) is 5.01 Å². The predicted molar refractivity (Wildman–Crippen MR) is 47.9 cm³/mol. The van der Waals surface area contributed by atoms with Crippen molar-refractivity contribution in [2.24, 2.45) is 5.10 Å².